The van der Waals surface area contributed by atoms with Crippen LogP contribution in [0.2, 0.25) is 0 Å². The number of carboxylic acid groups (broad SMARTS) is 1. The zero-order chi connectivity index (χ0) is 23.6. The minimum atomic E-state index is -1.12. The second-order valence-corrected chi connectivity index (χ2v) is 10.2. The highest BCUT2D eigenvalue weighted by Gasteiger charge is 2.35. The summed E-state index contributed by atoms with van der Waals surface area (Å²) in [6.07, 6.45) is 17.7. The zero-order valence-corrected chi connectivity index (χ0v) is 21.2. The van der Waals surface area contributed by atoms with Crippen molar-refractivity contribution in [1.29, 1.82) is 0 Å². The van der Waals surface area contributed by atoms with Crippen molar-refractivity contribution < 1.29 is 24.2 Å². The van der Waals surface area contributed by atoms with Gasteiger partial charge in [-0.1, -0.05) is 90.6 Å². The summed E-state index contributed by atoms with van der Waals surface area (Å²) in [6.45, 7) is 5.39. The molecule has 0 spiro atoms. The first-order chi connectivity index (χ1) is 14.6. The summed E-state index contributed by atoms with van der Waals surface area (Å²) in [5, 5.41) is 21.9. The Morgan fingerprint density at radius 2 is 1.45 bits per heavy atom. The normalized spacial score (nSPS) is 15.3. The van der Waals surface area contributed by atoms with Gasteiger partial charge in [0, 0.05) is 19.0 Å². The molecule has 0 saturated heterocycles. The Kier molecular flexibility index (Phi) is 17.1. The molecule has 0 fully saturated rings. The van der Waals surface area contributed by atoms with Crippen molar-refractivity contribution in [1.82, 2.24) is 0 Å². The Hall–Kier alpha value is -0.910. The number of unbranched alkanes of at least 4 members (excludes halogenated alkanes) is 10. The van der Waals surface area contributed by atoms with Gasteiger partial charge in [-0.15, -0.1) is 0 Å². The lowest BCUT2D eigenvalue weighted by atomic mass is 9.95. The van der Waals surface area contributed by atoms with Crippen LogP contribution in [0.5, 0.6) is 0 Å². The zero-order valence-electron chi connectivity index (χ0n) is 21.2. The Morgan fingerprint density at radius 3 is 1.97 bits per heavy atom. The fraction of sp³-hybridized carbons (Fsp3) is 0.885. The summed E-state index contributed by atoms with van der Waals surface area (Å²) in [7, 11) is 6.06. The van der Waals surface area contributed by atoms with Crippen LogP contribution < -0.4 is 5.11 Å². The molecule has 0 aromatic carbocycles. The van der Waals surface area contributed by atoms with Gasteiger partial charge < -0.3 is 24.2 Å². The van der Waals surface area contributed by atoms with Crippen molar-refractivity contribution in [3.05, 3.63) is 12.2 Å². The molecular formula is C26H51NO4. The lowest BCUT2D eigenvalue weighted by molar-refractivity contribution is -0.876. The standard InChI is InChI=1S/C26H51NO4/c1-6-8-10-11-12-13-14-15-16-18-24(28)19-20-26(22-25(29)30,23-27(3,4)5)31-21-17-9-7-2/h19-20,24,28H,6-18,21-23H2,1-5H3. The first-order valence-electron chi connectivity index (χ1n) is 12.7. The smallest absolute Gasteiger partial charge is 0.140 e. The van der Waals surface area contributed by atoms with E-state index in [4.69, 9.17) is 4.74 Å². The van der Waals surface area contributed by atoms with Crippen LogP contribution in [0.3, 0.4) is 0 Å². The van der Waals surface area contributed by atoms with Gasteiger partial charge in [0.1, 0.15) is 12.1 Å². The van der Waals surface area contributed by atoms with E-state index >= 15 is 0 Å². The summed E-state index contributed by atoms with van der Waals surface area (Å²) >= 11 is 0. The molecule has 0 aromatic rings. The molecule has 0 aromatic heterocycles. The van der Waals surface area contributed by atoms with E-state index in [1.807, 2.05) is 21.1 Å². The molecule has 0 aliphatic carbocycles. The number of quaternary nitrogens is 1. The molecule has 184 valence electrons. The lowest BCUT2D eigenvalue weighted by Crippen LogP contribution is -2.52. The molecule has 0 aliphatic heterocycles. The van der Waals surface area contributed by atoms with E-state index in [9.17, 15) is 15.0 Å². The van der Waals surface area contributed by atoms with Gasteiger partial charge in [0.25, 0.3) is 0 Å². The molecule has 0 amide bonds. The highest BCUT2D eigenvalue weighted by Crippen LogP contribution is 2.23. The van der Waals surface area contributed by atoms with Crippen molar-refractivity contribution in [2.45, 2.75) is 115 Å². The molecule has 2 unspecified atom stereocenters. The highest BCUT2D eigenvalue weighted by atomic mass is 16.5. The maximum absolute atomic E-state index is 11.5. The van der Waals surface area contributed by atoms with E-state index in [1.165, 1.54) is 44.9 Å². The number of aliphatic hydroxyl groups excluding tert-OH is 1. The fourth-order valence-corrected chi connectivity index (χ4v) is 4.03. The van der Waals surface area contributed by atoms with Gasteiger partial charge in [0.2, 0.25) is 0 Å². The van der Waals surface area contributed by atoms with Crippen molar-refractivity contribution in [2.75, 3.05) is 34.3 Å². The Labute approximate surface area is 192 Å². The second kappa shape index (κ2) is 17.6. The predicted octanol–water partition coefficient (Wildman–Crippen LogP) is 4.62. The van der Waals surface area contributed by atoms with Crippen LogP contribution in [-0.4, -0.2) is 61.6 Å². The average Bonchev–Trinajstić information content (AvgIpc) is 2.67. The molecule has 2 atom stereocenters. The van der Waals surface area contributed by atoms with Crippen molar-refractivity contribution >= 4 is 5.97 Å². The Balaban J connectivity index is 4.66. The van der Waals surface area contributed by atoms with Gasteiger partial charge in [-0.3, -0.25) is 0 Å². The van der Waals surface area contributed by atoms with Crippen LogP contribution >= 0.6 is 0 Å². The first kappa shape index (κ1) is 30.1. The van der Waals surface area contributed by atoms with Gasteiger partial charge in [0.15, 0.2) is 0 Å². The van der Waals surface area contributed by atoms with Crippen LogP contribution in [0.1, 0.15) is 104 Å². The maximum atomic E-state index is 11.5. The lowest BCUT2D eigenvalue weighted by Gasteiger charge is -2.38. The number of hydrogen-bond acceptors (Lipinski definition) is 4. The van der Waals surface area contributed by atoms with Crippen LogP contribution in [0.15, 0.2) is 12.2 Å². The number of nitrogens with zero attached hydrogens (tertiary/aromatic N) is 1. The number of carbonyl (C=O) groups excluding carboxylic acids is 1. The molecule has 0 radical (unpaired) electrons. The molecule has 0 bridgehead atoms. The van der Waals surface area contributed by atoms with Crippen LogP contribution in [0, 0.1) is 0 Å². The van der Waals surface area contributed by atoms with Gasteiger partial charge in [-0.2, -0.15) is 0 Å². The van der Waals surface area contributed by atoms with Crippen molar-refractivity contribution in [3.63, 3.8) is 0 Å². The number of ether oxygens (including phenoxy) is 1. The fourth-order valence-electron chi connectivity index (χ4n) is 4.03. The number of hydrogen-bond donors (Lipinski definition) is 1. The molecule has 5 heteroatoms. The first-order valence-corrected chi connectivity index (χ1v) is 12.7. The monoisotopic (exact) mass is 441 g/mol. The van der Waals surface area contributed by atoms with Crippen LogP contribution in [0.25, 0.3) is 0 Å². The Morgan fingerprint density at radius 1 is 0.935 bits per heavy atom. The van der Waals surface area contributed by atoms with Crippen molar-refractivity contribution in [2.24, 2.45) is 0 Å². The third-order valence-corrected chi connectivity index (χ3v) is 5.55. The number of carbonyl (C=O) groups is 1. The third-order valence-electron chi connectivity index (χ3n) is 5.55. The quantitative estimate of drug-likeness (QED) is 0.160. The highest BCUT2D eigenvalue weighted by molar-refractivity contribution is 5.66. The SMILES string of the molecule is CCCCCCCCCCCC(O)C=CC(CC(=O)[O-])(C[N+](C)(C)C)OCCCCC. The van der Waals surface area contributed by atoms with Crippen LogP contribution in [-0.2, 0) is 9.53 Å². The maximum Gasteiger partial charge on any atom is 0.140 e. The van der Waals surface area contributed by atoms with E-state index < -0.39 is 17.7 Å². The molecule has 0 rings (SSSR count). The summed E-state index contributed by atoms with van der Waals surface area (Å²) < 4.78 is 6.70. The van der Waals surface area contributed by atoms with Crippen LogP contribution in [0.4, 0.5) is 0 Å². The second-order valence-electron chi connectivity index (χ2n) is 10.2. The number of rotatable bonds is 21. The van der Waals surface area contributed by atoms with Gasteiger partial charge in [-0.05, 0) is 18.9 Å². The van der Waals surface area contributed by atoms with E-state index in [2.05, 4.69) is 13.8 Å². The summed E-state index contributed by atoms with van der Waals surface area (Å²) in [4.78, 5) is 11.5. The van der Waals surface area contributed by atoms with E-state index in [0.717, 1.165) is 32.1 Å². The number of carboxylic acids is 1. The molecule has 0 aliphatic rings. The van der Waals surface area contributed by atoms with E-state index in [0.29, 0.717) is 24.1 Å². The topological polar surface area (TPSA) is 69.6 Å². The minimum Gasteiger partial charge on any atom is -0.550 e. The number of aliphatic carboxylic acids is 1. The van der Waals surface area contributed by atoms with Gasteiger partial charge in [-0.25, -0.2) is 0 Å². The summed E-state index contributed by atoms with van der Waals surface area (Å²) in [5.41, 5.74) is -0.954. The molecule has 31 heavy (non-hydrogen) atoms. The van der Waals surface area contributed by atoms with Gasteiger partial charge >= 0.3 is 0 Å². The van der Waals surface area contributed by atoms with E-state index in [1.54, 1.807) is 12.2 Å². The number of aliphatic hydroxyl groups is 1. The molecule has 1 N–H and O–H groups in total. The molecule has 0 saturated carbocycles. The Bertz CT molecular complexity index is 473. The molecule has 5 nitrogen and oxygen atoms in total. The molecule has 0 heterocycles. The summed E-state index contributed by atoms with van der Waals surface area (Å²) in [5.74, 6) is -1.12. The van der Waals surface area contributed by atoms with E-state index in [-0.39, 0.29) is 6.42 Å². The third kappa shape index (κ3) is 18.4. The molecular weight excluding hydrogens is 390 g/mol. The number of likely N-dealkylation sites (N-methyl/N-ethyl adjacent to an activating group) is 1. The van der Waals surface area contributed by atoms with Gasteiger partial charge in [0.05, 0.1) is 27.2 Å². The summed E-state index contributed by atoms with van der Waals surface area (Å²) in [6, 6.07) is 0. The average molecular weight is 442 g/mol. The largest absolute Gasteiger partial charge is 0.550 e. The minimum absolute atomic E-state index is 0.199. The van der Waals surface area contributed by atoms with Crippen molar-refractivity contribution in [3.8, 4) is 0 Å². The predicted molar refractivity (Wildman–Crippen MR) is 128 cm³/mol.